The Morgan fingerprint density at radius 2 is 2.07 bits per heavy atom. The van der Waals surface area contributed by atoms with Crippen molar-refractivity contribution in [3.8, 4) is 0 Å². The second-order valence-corrected chi connectivity index (χ2v) is 4.97. The lowest BCUT2D eigenvalue weighted by Crippen LogP contribution is -2.26. The van der Waals surface area contributed by atoms with Gasteiger partial charge in [0.1, 0.15) is 0 Å². The first kappa shape index (κ1) is 10.2. The molecule has 2 N–H and O–H groups in total. The number of hydrogen-bond acceptors (Lipinski definition) is 2. The summed E-state index contributed by atoms with van der Waals surface area (Å²) in [5.41, 5.74) is 8.50. The highest BCUT2D eigenvalue weighted by molar-refractivity contribution is 5.55. The zero-order valence-corrected chi connectivity index (χ0v) is 9.44. The van der Waals surface area contributed by atoms with Crippen molar-refractivity contribution in [2.24, 2.45) is 11.1 Å². The number of pyridine rings is 1. The van der Waals surface area contributed by atoms with E-state index in [9.17, 15) is 0 Å². The Kier molecular flexibility index (Phi) is 2.27. The lowest BCUT2D eigenvalue weighted by molar-refractivity contribution is 0.328. The van der Waals surface area contributed by atoms with Gasteiger partial charge in [0.2, 0.25) is 0 Å². The molecule has 1 unspecified atom stereocenters. The molecule has 2 heterocycles. The highest BCUT2D eigenvalue weighted by Gasteiger charge is 2.24. The van der Waals surface area contributed by atoms with Crippen LogP contribution in [0.3, 0.4) is 0 Å². The summed E-state index contributed by atoms with van der Waals surface area (Å²) in [7, 11) is 0. The monoisotopic (exact) mass is 203 g/mol. The van der Waals surface area contributed by atoms with E-state index < -0.39 is 0 Å². The summed E-state index contributed by atoms with van der Waals surface area (Å²) in [6.45, 7) is 6.43. The van der Waals surface area contributed by atoms with Crippen molar-refractivity contribution in [3.63, 3.8) is 0 Å². The molecule has 3 heteroatoms. The van der Waals surface area contributed by atoms with Crippen molar-refractivity contribution in [2.45, 2.75) is 26.8 Å². The summed E-state index contributed by atoms with van der Waals surface area (Å²) in [4.78, 5) is 0. The summed E-state index contributed by atoms with van der Waals surface area (Å²) < 4.78 is 1.86. The lowest BCUT2D eigenvalue weighted by Gasteiger charge is -2.26. The summed E-state index contributed by atoms with van der Waals surface area (Å²) in [6, 6.07) is 6.04. The normalized spacial score (nSPS) is 14.4. The number of nitrogens with two attached hydrogens (primary N) is 1. The van der Waals surface area contributed by atoms with Crippen LogP contribution >= 0.6 is 0 Å². The number of aromatic nitrogens is 2. The molecule has 15 heavy (non-hydrogen) atoms. The van der Waals surface area contributed by atoms with E-state index in [-0.39, 0.29) is 11.5 Å². The fourth-order valence-corrected chi connectivity index (χ4v) is 1.66. The first-order chi connectivity index (χ1) is 7.00. The molecule has 80 valence electrons. The van der Waals surface area contributed by atoms with Crippen molar-refractivity contribution in [2.75, 3.05) is 0 Å². The Hall–Kier alpha value is -1.35. The molecule has 0 fully saturated rings. The molecular formula is C12H17N3. The van der Waals surface area contributed by atoms with Crippen molar-refractivity contribution in [1.29, 1.82) is 0 Å². The number of hydrogen-bond donors (Lipinski definition) is 1. The van der Waals surface area contributed by atoms with Gasteiger partial charge >= 0.3 is 0 Å². The summed E-state index contributed by atoms with van der Waals surface area (Å²) in [5.74, 6) is 0. The molecule has 2 rings (SSSR count). The molecule has 0 saturated heterocycles. The molecule has 1 atom stereocenters. The van der Waals surface area contributed by atoms with Crippen LogP contribution in [0.2, 0.25) is 0 Å². The summed E-state index contributed by atoms with van der Waals surface area (Å²) in [5, 5.41) is 4.29. The molecule has 0 bridgehead atoms. The van der Waals surface area contributed by atoms with Crippen molar-refractivity contribution >= 4 is 5.52 Å². The Balaban J connectivity index is 2.53. The third kappa shape index (κ3) is 1.75. The van der Waals surface area contributed by atoms with E-state index in [2.05, 4.69) is 25.9 Å². The lowest BCUT2D eigenvalue weighted by atomic mass is 9.83. The van der Waals surface area contributed by atoms with E-state index in [1.54, 1.807) is 0 Å². The number of rotatable bonds is 1. The standard InChI is InChI=1S/C12H17N3/c1-12(2,3)11(13)9-8-14-15-7-5-4-6-10(9)15/h4-8,11H,13H2,1-3H3. The maximum atomic E-state index is 6.23. The van der Waals surface area contributed by atoms with E-state index in [1.165, 1.54) is 0 Å². The van der Waals surface area contributed by atoms with Crippen LogP contribution in [0.1, 0.15) is 32.4 Å². The molecule has 0 aliphatic carbocycles. The number of nitrogens with zero attached hydrogens (tertiary/aromatic N) is 2. The third-order valence-electron chi connectivity index (χ3n) is 2.72. The van der Waals surface area contributed by atoms with Crippen LogP contribution in [-0.4, -0.2) is 9.61 Å². The predicted octanol–water partition coefficient (Wildman–Crippen LogP) is 2.38. The van der Waals surface area contributed by atoms with E-state index >= 15 is 0 Å². The van der Waals surface area contributed by atoms with Crippen molar-refractivity contribution < 1.29 is 0 Å². The van der Waals surface area contributed by atoms with Gasteiger partial charge in [0.05, 0.1) is 11.7 Å². The first-order valence-corrected chi connectivity index (χ1v) is 5.18. The Labute approximate surface area is 89.9 Å². The Morgan fingerprint density at radius 1 is 1.33 bits per heavy atom. The van der Waals surface area contributed by atoms with Crippen LogP contribution in [0, 0.1) is 5.41 Å². The molecule has 0 aromatic carbocycles. The molecule has 0 radical (unpaired) electrons. The first-order valence-electron chi connectivity index (χ1n) is 5.18. The highest BCUT2D eigenvalue weighted by Crippen LogP contribution is 2.32. The Bertz CT molecular complexity index is 465. The smallest absolute Gasteiger partial charge is 0.0709 e. The van der Waals surface area contributed by atoms with Gasteiger partial charge in [0, 0.05) is 17.8 Å². The molecule has 0 amide bonds. The molecule has 0 saturated carbocycles. The molecule has 0 aliphatic rings. The van der Waals surface area contributed by atoms with Crippen LogP contribution in [-0.2, 0) is 0 Å². The van der Waals surface area contributed by atoms with Crippen LogP contribution in [0.25, 0.3) is 5.52 Å². The van der Waals surface area contributed by atoms with Gasteiger partial charge in [-0.15, -0.1) is 0 Å². The van der Waals surface area contributed by atoms with Crippen LogP contribution in [0.15, 0.2) is 30.6 Å². The van der Waals surface area contributed by atoms with Crippen LogP contribution < -0.4 is 5.73 Å². The van der Waals surface area contributed by atoms with Gasteiger partial charge in [-0.1, -0.05) is 26.8 Å². The quantitative estimate of drug-likeness (QED) is 0.773. The SMILES string of the molecule is CC(C)(C)C(N)c1cnn2ccccc12. The topological polar surface area (TPSA) is 43.3 Å². The zero-order valence-electron chi connectivity index (χ0n) is 9.44. The van der Waals surface area contributed by atoms with Gasteiger partial charge in [-0.05, 0) is 17.5 Å². The van der Waals surface area contributed by atoms with Gasteiger partial charge in [-0.3, -0.25) is 0 Å². The molecule has 2 aromatic heterocycles. The second kappa shape index (κ2) is 3.35. The largest absolute Gasteiger partial charge is 0.323 e. The van der Waals surface area contributed by atoms with Gasteiger partial charge in [-0.2, -0.15) is 5.10 Å². The van der Waals surface area contributed by atoms with Gasteiger partial charge < -0.3 is 5.73 Å². The molecule has 0 aliphatic heterocycles. The van der Waals surface area contributed by atoms with Crippen molar-refractivity contribution in [3.05, 3.63) is 36.2 Å². The van der Waals surface area contributed by atoms with E-state index in [4.69, 9.17) is 5.73 Å². The average molecular weight is 203 g/mol. The fourth-order valence-electron chi connectivity index (χ4n) is 1.66. The minimum absolute atomic E-state index is 0.0115. The maximum absolute atomic E-state index is 6.23. The predicted molar refractivity (Wildman–Crippen MR) is 61.6 cm³/mol. The van der Waals surface area contributed by atoms with Crippen LogP contribution in [0.5, 0.6) is 0 Å². The molecular weight excluding hydrogens is 186 g/mol. The summed E-state index contributed by atoms with van der Waals surface area (Å²) in [6.07, 6.45) is 3.81. The minimum atomic E-state index is 0.0115. The van der Waals surface area contributed by atoms with E-state index in [0.29, 0.717) is 0 Å². The summed E-state index contributed by atoms with van der Waals surface area (Å²) >= 11 is 0. The Morgan fingerprint density at radius 3 is 2.73 bits per heavy atom. The van der Waals surface area contributed by atoms with E-state index in [1.807, 2.05) is 35.1 Å². The highest BCUT2D eigenvalue weighted by atomic mass is 15.2. The second-order valence-electron chi connectivity index (χ2n) is 4.97. The van der Waals surface area contributed by atoms with Gasteiger partial charge in [-0.25, -0.2) is 4.52 Å². The molecule has 2 aromatic rings. The van der Waals surface area contributed by atoms with Gasteiger partial charge in [0.25, 0.3) is 0 Å². The average Bonchev–Trinajstić information content (AvgIpc) is 2.58. The minimum Gasteiger partial charge on any atom is -0.323 e. The number of fused-ring (bicyclic) bond motifs is 1. The van der Waals surface area contributed by atoms with Crippen molar-refractivity contribution in [1.82, 2.24) is 9.61 Å². The maximum Gasteiger partial charge on any atom is 0.0709 e. The van der Waals surface area contributed by atoms with Gasteiger partial charge in [0.15, 0.2) is 0 Å². The molecule has 3 nitrogen and oxygen atoms in total. The van der Waals surface area contributed by atoms with E-state index in [0.717, 1.165) is 11.1 Å². The third-order valence-corrected chi connectivity index (χ3v) is 2.72. The van der Waals surface area contributed by atoms with Crippen LogP contribution in [0.4, 0.5) is 0 Å². The molecule has 0 spiro atoms. The fraction of sp³-hybridized carbons (Fsp3) is 0.417. The zero-order chi connectivity index (χ0) is 11.1.